The maximum Gasteiger partial charge on any atom is 0.326 e. The maximum atomic E-state index is 15.0. The molecule has 2 fully saturated rings. The summed E-state index contributed by atoms with van der Waals surface area (Å²) in [5.41, 5.74) is 0.825. The molecule has 500 valence electrons. The minimum absolute atomic E-state index is 0.0103. The summed E-state index contributed by atoms with van der Waals surface area (Å²) in [6, 6.07) is 15.8. The number of hydrogen-bond donors (Lipinski definition) is 9. The lowest BCUT2D eigenvalue weighted by Crippen LogP contribution is -2.61. The van der Waals surface area contributed by atoms with Crippen molar-refractivity contribution in [3.8, 4) is 5.75 Å². The summed E-state index contributed by atoms with van der Waals surface area (Å²) >= 11 is 0. The molecular weight excluding hydrogens is 1190 g/mol. The fourth-order valence-electron chi connectivity index (χ4n) is 11.7. The zero-order valence-electron chi connectivity index (χ0n) is 54.3. The largest absolute Gasteiger partial charge is 0.490 e. The van der Waals surface area contributed by atoms with Crippen LogP contribution in [0.15, 0.2) is 103 Å². The highest BCUT2D eigenvalue weighted by Crippen LogP contribution is 2.30. The van der Waals surface area contributed by atoms with E-state index in [9.17, 15) is 53.4 Å². The van der Waals surface area contributed by atoms with Gasteiger partial charge in [0.25, 0.3) is 5.91 Å². The standard InChI is InChI=1S/C69H89N9O15/c1-10-45(33-57(79)39(2)70-8)65(86)78-38-52-36-56(78)63(84)72-40(3)58(80)34-49(67(88)89)29-42-17-23-47(24-18-42)61(82)73-50-35-55(77(37-50)66(87)59(69(5,6)7)76-60(81)41(4)71-9)64(85)74-53(32-44-19-22-46-15-11-12-16-48(46)30-44)62(83)75-54(68(90)91)31-43-20-25-51(26-21-43)92-27-13-14-28-93-52/h11-26,30,39-41,45,49-50,52-56,59,70-71H,10,27-29,31-38H2,1-9H3,(H,72,84)(H,73,82)(H,74,85)(H,75,83)(H,76,81)(H,88,89)(H,90,91)/b14-13+/t39-,40-,41-,45+,49+,50-,52-,53-,54-,55-,56-,59+/m0/s1. The van der Waals surface area contributed by atoms with Gasteiger partial charge in [0, 0.05) is 62.7 Å². The number of aliphatic carboxylic acids is 2. The molecule has 6 aliphatic rings. The molecule has 24 heteroatoms. The second kappa shape index (κ2) is 32.6. The number of hydrogen-bond acceptors (Lipinski definition) is 15. The number of ether oxygens (including phenoxy) is 2. The number of carboxylic acids is 2. The number of fused-ring (bicyclic) bond motifs is 1. The van der Waals surface area contributed by atoms with E-state index in [0.29, 0.717) is 28.9 Å². The fraction of sp³-hybridized carbons (Fsp3) is 0.493. The van der Waals surface area contributed by atoms with Crippen LogP contribution in [0.1, 0.15) is 108 Å². The van der Waals surface area contributed by atoms with Gasteiger partial charge in [-0.2, -0.15) is 0 Å². The predicted octanol–water partition coefficient (Wildman–Crippen LogP) is 3.45. The van der Waals surface area contributed by atoms with E-state index in [1.54, 1.807) is 98.1 Å². The van der Waals surface area contributed by atoms with Gasteiger partial charge in [-0.25, -0.2) is 4.79 Å². The van der Waals surface area contributed by atoms with Crippen LogP contribution in [0.4, 0.5) is 0 Å². The highest BCUT2D eigenvalue weighted by atomic mass is 16.5. The SMILES string of the molecule is CC[C@H](CC(=O)[C@H](C)NC)C(=O)N1C[C@@H]2C[C@H]1C(=O)N[C@@H](C)C(=O)C[C@H](C(=O)O)Cc1ccc(cc1)C(=O)N[C@H]1C[C@@H](C(=O)N[C@@H](Cc3ccc4ccccc4c3)C(=O)N[C@H](C(=O)O)Cc3ccc(cc3)OC/C=C/CO2)N(C(=O)[C@@H](NC(=O)[C@H](C)NC)C(C)(C)C)C1. The molecule has 2 saturated heterocycles. The molecule has 6 aliphatic heterocycles. The third kappa shape index (κ3) is 19.4. The number of amides is 7. The van der Waals surface area contributed by atoms with Gasteiger partial charge in [0.15, 0.2) is 5.78 Å². The number of Topliss-reactive ketones (excluding diaryl/α,β-unsaturated/α-hetero) is 2. The minimum Gasteiger partial charge on any atom is -0.490 e. The smallest absolute Gasteiger partial charge is 0.326 e. The first-order valence-corrected chi connectivity index (χ1v) is 31.7. The van der Waals surface area contributed by atoms with E-state index in [4.69, 9.17) is 9.47 Å². The van der Waals surface area contributed by atoms with Crippen LogP contribution in [0.5, 0.6) is 5.75 Å². The molecule has 4 aromatic carbocycles. The van der Waals surface area contributed by atoms with Crippen molar-refractivity contribution in [2.45, 2.75) is 160 Å². The number of carboxylic acid groups (broad SMARTS) is 2. The van der Waals surface area contributed by atoms with Crippen molar-refractivity contribution >= 4 is 75.6 Å². The molecule has 6 heterocycles. The van der Waals surface area contributed by atoms with Gasteiger partial charge in [-0.05, 0) is 117 Å². The van der Waals surface area contributed by atoms with Crippen molar-refractivity contribution in [2.75, 3.05) is 40.4 Å². The van der Waals surface area contributed by atoms with E-state index in [-0.39, 0.29) is 76.2 Å². The zero-order valence-corrected chi connectivity index (χ0v) is 54.3. The molecule has 0 aromatic heterocycles. The molecule has 93 heavy (non-hydrogen) atoms. The average molecular weight is 1280 g/mol. The third-order valence-corrected chi connectivity index (χ3v) is 17.6. The predicted molar refractivity (Wildman–Crippen MR) is 345 cm³/mol. The number of carbonyl (C=O) groups excluding carboxylic acids is 9. The van der Waals surface area contributed by atoms with Crippen molar-refractivity contribution in [3.05, 3.63) is 125 Å². The molecule has 0 unspecified atom stereocenters. The maximum absolute atomic E-state index is 15.0. The quantitative estimate of drug-likeness (QED) is 0.0817. The van der Waals surface area contributed by atoms with Crippen molar-refractivity contribution in [1.29, 1.82) is 0 Å². The van der Waals surface area contributed by atoms with Crippen LogP contribution in [0.25, 0.3) is 10.8 Å². The van der Waals surface area contributed by atoms with Crippen LogP contribution < -0.4 is 42.0 Å². The van der Waals surface area contributed by atoms with Crippen LogP contribution in [0.2, 0.25) is 0 Å². The van der Waals surface area contributed by atoms with E-state index < -0.39 is 143 Å². The van der Waals surface area contributed by atoms with Crippen molar-refractivity contribution < 1.29 is 72.4 Å². The van der Waals surface area contributed by atoms with E-state index in [1.807, 2.05) is 36.4 Å². The molecule has 4 aromatic rings. The molecule has 24 nitrogen and oxygen atoms in total. The lowest BCUT2D eigenvalue weighted by Gasteiger charge is -2.36. The van der Waals surface area contributed by atoms with Gasteiger partial charge in [0.1, 0.15) is 48.3 Å². The van der Waals surface area contributed by atoms with Crippen LogP contribution in [-0.4, -0.2) is 186 Å². The second-order valence-corrected chi connectivity index (χ2v) is 25.5. The molecule has 8 bridgehead atoms. The fourth-order valence-corrected chi connectivity index (χ4v) is 11.7. The van der Waals surface area contributed by atoms with Crippen molar-refractivity contribution in [1.82, 2.24) is 47.0 Å². The highest BCUT2D eigenvalue weighted by molar-refractivity contribution is 5.99. The monoisotopic (exact) mass is 1280 g/mol. The van der Waals surface area contributed by atoms with E-state index >= 15 is 9.59 Å². The van der Waals surface area contributed by atoms with Gasteiger partial charge < -0.3 is 66.7 Å². The Morgan fingerprint density at radius 2 is 1.30 bits per heavy atom. The normalized spacial score (nSPS) is 24.1. The zero-order chi connectivity index (χ0) is 67.8. The molecular formula is C69H89N9O15. The van der Waals surface area contributed by atoms with Gasteiger partial charge >= 0.3 is 11.9 Å². The Morgan fingerprint density at radius 3 is 1.95 bits per heavy atom. The molecule has 0 spiro atoms. The number of ketones is 2. The first-order valence-electron chi connectivity index (χ1n) is 31.7. The van der Waals surface area contributed by atoms with E-state index in [0.717, 1.165) is 10.8 Å². The second-order valence-electron chi connectivity index (χ2n) is 25.5. The number of likely N-dealkylation sites (tertiary alicyclic amines) is 2. The summed E-state index contributed by atoms with van der Waals surface area (Å²) in [5.74, 6) is -9.44. The van der Waals surface area contributed by atoms with Gasteiger partial charge in [-0.3, -0.25) is 47.9 Å². The highest BCUT2D eigenvalue weighted by Gasteiger charge is 2.47. The molecule has 0 aliphatic carbocycles. The Hall–Kier alpha value is -8.87. The summed E-state index contributed by atoms with van der Waals surface area (Å²) in [6.45, 7) is 11.7. The Morgan fingerprint density at radius 1 is 0.677 bits per heavy atom. The number of nitrogens with one attached hydrogen (secondary N) is 7. The molecule has 10 rings (SSSR count). The van der Waals surface area contributed by atoms with Gasteiger partial charge in [0.05, 0.1) is 36.8 Å². The Labute approximate surface area is 542 Å². The molecule has 0 saturated carbocycles. The lowest BCUT2D eigenvalue weighted by atomic mass is 9.85. The third-order valence-electron chi connectivity index (χ3n) is 17.6. The Kier molecular flexibility index (Phi) is 25.1. The van der Waals surface area contributed by atoms with Crippen LogP contribution in [-0.2, 0) is 71.9 Å². The van der Waals surface area contributed by atoms with Crippen LogP contribution in [0.3, 0.4) is 0 Å². The van der Waals surface area contributed by atoms with Crippen molar-refractivity contribution in [3.63, 3.8) is 0 Å². The number of likely N-dealkylation sites (N-methyl/N-ethyl adjacent to an activating group) is 2. The van der Waals surface area contributed by atoms with Crippen molar-refractivity contribution in [2.24, 2.45) is 17.3 Å². The van der Waals surface area contributed by atoms with Crippen LogP contribution in [0, 0.1) is 17.3 Å². The summed E-state index contributed by atoms with van der Waals surface area (Å²) in [4.78, 5) is 156. The molecule has 12 atom stereocenters. The van der Waals surface area contributed by atoms with E-state index in [1.165, 1.54) is 41.0 Å². The topological polar surface area (TPSA) is 337 Å². The summed E-state index contributed by atoms with van der Waals surface area (Å²) in [6.07, 6.45) is 2.01. The first-order chi connectivity index (χ1) is 44.2. The number of nitrogens with zero attached hydrogens (tertiary/aromatic N) is 2. The van der Waals surface area contributed by atoms with Gasteiger partial charge in [-0.1, -0.05) is 101 Å². The minimum atomic E-state index is -1.49. The molecule has 7 amide bonds. The lowest BCUT2D eigenvalue weighted by molar-refractivity contribution is -0.145. The van der Waals surface area contributed by atoms with Crippen LogP contribution >= 0.6 is 0 Å². The number of rotatable bonds is 14. The van der Waals surface area contributed by atoms with Gasteiger partial charge in [-0.15, -0.1) is 0 Å². The number of benzene rings is 4. The summed E-state index contributed by atoms with van der Waals surface area (Å²) < 4.78 is 12.1. The summed E-state index contributed by atoms with van der Waals surface area (Å²) in [7, 11) is 3.23. The first kappa shape index (κ1) is 71.6. The summed E-state index contributed by atoms with van der Waals surface area (Å²) in [5, 5.41) is 42.5. The number of carbonyl (C=O) groups is 11. The van der Waals surface area contributed by atoms with E-state index in [2.05, 4.69) is 37.2 Å². The average Bonchev–Trinajstić information content (AvgIpc) is 2.16. The Balaban J connectivity index is 1.20. The Bertz CT molecular complexity index is 3410. The molecule has 0 radical (unpaired) electrons. The molecule has 9 N–H and O–H groups in total. The van der Waals surface area contributed by atoms with Gasteiger partial charge in [0.2, 0.25) is 35.4 Å².